The maximum Gasteiger partial charge on any atom is 0.226 e. The van der Waals surface area contributed by atoms with Crippen molar-refractivity contribution in [3.8, 4) is 11.1 Å². The fourth-order valence-corrected chi connectivity index (χ4v) is 14.3. The van der Waals surface area contributed by atoms with Crippen molar-refractivity contribution < 1.29 is 4.79 Å². The minimum Gasteiger partial charge on any atom is -0.362 e. The first kappa shape index (κ1) is 30.6. The van der Waals surface area contributed by atoms with Gasteiger partial charge in [-0.1, -0.05) is 85.6 Å². The smallest absolute Gasteiger partial charge is 0.226 e. The average Bonchev–Trinajstić information content (AvgIpc) is 3.21. The molecule has 5 heteroatoms. The Labute approximate surface area is 309 Å². The molecule has 4 aliphatic heterocycles. The van der Waals surface area contributed by atoms with E-state index in [9.17, 15) is 0 Å². The van der Waals surface area contributed by atoms with Crippen LogP contribution in [0.1, 0.15) is 77.0 Å². The SMILES string of the molecule is O=C1C2CCCCC2C2CCC3C4C2N1C1CCCC2C1N4C1C(CCCC1N3c1ccc(-c3ccccc3)cc1)N2c1ccc2ccccc2c1. The van der Waals surface area contributed by atoms with E-state index < -0.39 is 0 Å². The normalized spacial score (nSPS) is 38.8. The van der Waals surface area contributed by atoms with E-state index in [0.29, 0.717) is 72.1 Å². The highest BCUT2D eigenvalue weighted by atomic mass is 16.2. The summed E-state index contributed by atoms with van der Waals surface area (Å²) in [5.41, 5.74) is 5.40. The highest BCUT2D eigenvalue weighted by Crippen LogP contribution is 2.59. The van der Waals surface area contributed by atoms with E-state index in [-0.39, 0.29) is 5.92 Å². The molecule has 4 aromatic carbocycles. The summed E-state index contributed by atoms with van der Waals surface area (Å²) in [5, 5.41) is 2.67. The summed E-state index contributed by atoms with van der Waals surface area (Å²) in [6.07, 6.45) is 14.9. The highest BCUT2D eigenvalue weighted by molar-refractivity contribution is 5.86. The highest BCUT2D eigenvalue weighted by Gasteiger charge is 2.70. The molecule has 0 spiro atoms. The van der Waals surface area contributed by atoms with Gasteiger partial charge in [0.15, 0.2) is 0 Å². The maximum absolute atomic E-state index is 15.1. The van der Waals surface area contributed by atoms with Crippen molar-refractivity contribution in [3.63, 3.8) is 0 Å². The van der Waals surface area contributed by atoms with Crippen LogP contribution >= 0.6 is 0 Å². The van der Waals surface area contributed by atoms with Crippen molar-refractivity contribution in [1.82, 2.24) is 9.80 Å². The molecule has 0 N–H and O–H groups in total. The molecule has 52 heavy (non-hydrogen) atoms. The first-order chi connectivity index (χ1) is 25.7. The number of anilines is 2. The van der Waals surface area contributed by atoms with Crippen molar-refractivity contribution in [1.29, 1.82) is 0 Å². The second-order valence-electron chi connectivity index (χ2n) is 17.9. The maximum atomic E-state index is 15.1. The quantitative estimate of drug-likeness (QED) is 0.215. The lowest BCUT2D eigenvalue weighted by molar-refractivity contribution is -0.211. The zero-order valence-electron chi connectivity index (χ0n) is 30.3. The van der Waals surface area contributed by atoms with Crippen LogP contribution in [0.5, 0.6) is 0 Å². The van der Waals surface area contributed by atoms with Crippen molar-refractivity contribution in [2.45, 2.75) is 131 Å². The molecule has 12 rings (SSSR count). The molecule has 4 aliphatic carbocycles. The number of benzene rings is 4. The van der Waals surface area contributed by atoms with Crippen LogP contribution in [-0.4, -0.2) is 70.1 Å². The Kier molecular flexibility index (Phi) is 6.82. The van der Waals surface area contributed by atoms with E-state index in [1.54, 1.807) is 0 Å². The molecule has 12 unspecified atom stereocenters. The largest absolute Gasteiger partial charge is 0.362 e. The number of carbonyl (C=O) groups excluding carboxylic acids is 1. The molecule has 8 aliphatic rings. The summed E-state index contributed by atoms with van der Waals surface area (Å²) in [6.45, 7) is 0. The van der Waals surface area contributed by atoms with Gasteiger partial charge in [-0.25, -0.2) is 0 Å². The molecule has 4 heterocycles. The predicted molar refractivity (Wildman–Crippen MR) is 209 cm³/mol. The number of hydrogen-bond donors (Lipinski definition) is 0. The van der Waals surface area contributed by atoms with Crippen LogP contribution in [0, 0.1) is 17.8 Å². The molecule has 266 valence electrons. The lowest BCUT2D eigenvalue weighted by atomic mass is 9.56. The van der Waals surface area contributed by atoms with Gasteiger partial charge in [-0.05, 0) is 122 Å². The molecular formula is C47H52N4O. The Hall–Kier alpha value is -3.83. The van der Waals surface area contributed by atoms with Gasteiger partial charge in [-0.15, -0.1) is 0 Å². The van der Waals surface area contributed by atoms with Gasteiger partial charge in [0, 0.05) is 47.5 Å². The van der Waals surface area contributed by atoms with E-state index in [4.69, 9.17) is 0 Å². The number of fused-ring (bicyclic) bond motifs is 4. The summed E-state index contributed by atoms with van der Waals surface area (Å²) >= 11 is 0. The molecule has 5 nitrogen and oxygen atoms in total. The van der Waals surface area contributed by atoms with Gasteiger partial charge in [-0.2, -0.15) is 0 Å². The fourth-order valence-electron chi connectivity index (χ4n) is 14.3. The van der Waals surface area contributed by atoms with Crippen molar-refractivity contribution in [2.75, 3.05) is 9.80 Å². The van der Waals surface area contributed by atoms with Gasteiger partial charge in [0.05, 0.1) is 24.2 Å². The van der Waals surface area contributed by atoms with Crippen molar-refractivity contribution >= 4 is 28.1 Å². The molecular weight excluding hydrogens is 637 g/mol. The van der Waals surface area contributed by atoms with Crippen LogP contribution in [0.4, 0.5) is 11.4 Å². The second kappa shape index (κ2) is 11.6. The van der Waals surface area contributed by atoms with Crippen LogP contribution in [0.3, 0.4) is 0 Å². The van der Waals surface area contributed by atoms with Crippen LogP contribution in [0.25, 0.3) is 21.9 Å². The molecule has 8 fully saturated rings. The summed E-state index contributed by atoms with van der Waals surface area (Å²) in [7, 11) is 0. The average molecular weight is 689 g/mol. The predicted octanol–water partition coefficient (Wildman–Crippen LogP) is 8.91. The Morgan fingerprint density at radius 3 is 1.77 bits per heavy atom. The van der Waals surface area contributed by atoms with Crippen molar-refractivity contribution in [3.05, 3.63) is 97.1 Å². The zero-order chi connectivity index (χ0) is 34.1. The van der Waals surface area contributed by atoms with E-state index in [2.05, 4.69) is 117 Å². The third-order valence-electron chi connectivity index (χ3n) is 15.9. The number of nitrogens with zero attached hydrogens (tertiary/aromatic N) is 4. The Morgan fingerprint density at radius 1 is 0.423 bits per heavy atom. The van der Waals surface area contributed by atoms with Gasteiger partial charge in [0.1, 0.15) is 0 Å². The monoisotopic (exact) mass is 688 g/mol. The minimum absolute atomic E-state index is 0.263. The Balaban J connectivity index is 1.04. The Morgan fingerprint density at radius 2 is 1.02 bits per heavy atom. The third kappa shape index (κ3) is 4.18. The first-order valence-electron chi connectivity index (χ1n) is 21.1. The van der Waals surface area contributed by atoms with Gasteiger partial charge < -0.3 is 14.7 Å². The van der Waals surface area contributed by atoms with Crippen molar-refractivity contribution in [2.24, 2.45) is 17.8 Å². The van der Waals surface area contributed by atoms with Gasteiger partial charge in [0.25, 0.3) is 0 Å². The lowest BCUT2D eigenvalue weighted by Gasteiger charge is -2.77. The fraction of sp³-hybridized carbons (Fsp3) is 0.511. The van der Waals surface area contributed by atoms with Crippen LogP contribution in [-0.2, 0) is 4.79 Å². The Bertz CT molecular complexity index is 2010. The molecule has 4 aromatic rings. The van der Waals surface area contributed by atoms with E-state index in [1.165, 1.54) is 104 Å². The second-order valence-corrected chi connectivity index (χ2v) is 17.9. The number of rotatable bonds is 3. The van der Waals surface area contributed by atoms with E-state index in [0.717, 1.165) is 6.42 Å². The number of amides is 1. The summed E-state index contributed by atoms with van der Waals surface area (Å²) in [4.78, 5) is 26.9. The van der Waals surface area contributed by atoms with Gasteiger partial charge in [0.2, 0.25) is 5.91 Å². The molecule has 1 amide bonds. The summed E-state index contributed by atoms with van der Waals surface area (Å²) < 4.78 is 0. The van der Waals surface area contributed by atoms with Gasteiger partial charge >= 0.3 is 0 Å². The topological polar surface area (TPSA) is 30.0 Å². The van der Waals surface area contributed by atoms with E-state index >= 15 is 4.79 Å². The van der Waals surface area contributed by atoms with Crippen LogP contribution in [0.2, 0.25) is 0 Å². The lowest BCUT2D eigenvalue weighted by Crippen LogP contribution is -2.91. The number of carbonyl (C=O) groups is 1. The number of piperazine rings is 3. The molecule has 0 aromatic heterocycles. The van der Waals surface area contributed by atoms with E-state index in [1.807, 2.05) is 0 Å². The first-order valence-corrected chi connectivity index (χ1v) is 21.1. The summed E-state index contributed by atoms with van der Waals surface area (Å²) in [6, 6.07) is 40.7. The summed E-state index contributed by atoms with van der Waals surface area (Å²) in [5.74, 6) is 2.07. The molecule has 12 atom stereocenters. The number of hydrogen-bond acceptors (Lipinski definition) is 4. The standard InChI is InChI=1S/C47H52N4O/c52-47-37-15-7-6-14-35(37)36-26-27-42-46-43(36)50(47)41-19-9-18-40-45(41)51(46)44-38(48(42)33-23-20-31(21-24-33)29-10-2-1-3-11-29)16-8-17-39(44)49(40)34-25-22-30-12-4-5-13-32(30)28-34/h1-5,10-13,20-25,28,35-46H,6-9,14-19,26-27H2. The molecule has 0 radical (unpaired) electrons. The molecule has 4 saturated heterocycles. The van der Waals surface area contributed by atoms with Crippen LogP contribution in [0.15, 0.2) is 97.1 Å². The van der Waals surface area contributed by atoms with Crippen LogP contribution < -0.4 is 9.80 Å². The minimum atomic E-state index is 0.263. The van der Waals surface area contributed by atoms with Gasteiger partial charge in [-0.3, -0.25) is 9.69 Å². The number of piperidine rings is 1. The third-order valence-corrected chi connectivity index (χ3v) is 15.9. The molecule has 0 bridgehead atoms. The zero-order valence-corrected chi connectivity index (χ0v) is 30.3. The molecule has 4 saturated carbocycles.